The molecule has 1 aliphatic rings. The summed E-state index contributed by atoms with van der Waals surface area (Å²) in [6.07, 6.45) is 3.38. The van der Waals surface area contributed by atoms with Crippen LogP contribution in [0.3, 0.4) is 0 Å². The Bertz CT molecular complexity index is 615. The number of rotatable bonds is 2. The van der Waals surface area contributed by atoms with Gasteiger partial charge in [0.25, 0.3) is 0 Å². The number of nitrogens with one attached hydrogen (secondary N) is 1. The molecule has 0 spiro atoms. The molecule has 1 aromatic heterocycles. The summed E-state index contributed by atoms with van der Waals surface area (Å²) in [5.74, 6) is 1.09. The van der Waals surface area contributed by atoms with Crippen molar-refractivity contribution in [2.45, 2.75) is 26.2 Å². The smallest absolute Gasteiger partial charge is 0.321 e. The molecule has 6 nitrogen and oxygen atoms in total. The van der Waals surface area contributed by atoms with Crippen molar-refractivity contribution in [3.05, 3.63) is 30.2 Å². The molecule has 0 unspecified atom stereocenters. The van der Waals surface area contributed by atoms with Crippen molar-refractivity contribution < 1.29 is 9.32 Å². The molecule has 21 heavy (non-hydrogen) atoms. The maximum absolute atomic E-state index is 12.1. The van der Waals surface area contributed by atoms with Crippen LogP contribution in [0.4, 0.5) is 10.5 Å². The number of benzene rings is 1. The minimum atomic E-state index is -0.0298. The van der Waals surface area contributed by atoms with Gasteiger partial charge in [0.15, 0.2) is 0 Å². The zero-order chi connectivity index (χ0) is 14.7. The van der Waals surface area contributed by atoms with Crippen LogP contribution in [0.2, 0.25) is 0 Å². The highest BCUT2D eigenvalue weighted by Crippen LogP contribution is 2.19. The van der Waals surface area contributed by atoms with Gasteiger partial charge in [-0.1, -0.05) is 5.16 Å². The summed E-state index contributed by atoms with van der Waals surface area (Å²) in [6.45, 7) is 3.43. The number of carbonyl (C=O) groups is 1. The Hall–Kier alpha value is -2.37. The molecule has 1 N–H and O–H groups in total. The van der Waals surface area contributed by atoms with E-state index in [0.29, 0.717) is 11.7 Å². The lowest BCUT2D eigenvalue weighted by Crippen LogP contribution is -2.38. The number of hydrogen-bond acceptors (Lipinski definition) is 4. The van der Waals surface area contributed by atoms with E-state index in [4.69, 9.17) is 4.52 Å². The molecule has 1 aromatic carbocycles. The first-order valence-electron chi connectivity index (χ1n) is 7.19. The predicted octanol–water partition coefficient (Wildman–Crippen LogP) is 3.06. The number of urea groups is 1. The standard InChI is InChI=1S/C15H18N4O2/c1-11-16-14(18-21-11)12-5-7-13(8-6-12)17-15(20)19-9-3-2-4-10-19/h5-8H,2-4,9-10H2,1H3,(H,17,20). The summed E-state index contributed by atoms with van der Waals surface area (Å²) in [7, 11) is 0. The molecule has 1 saturated heterocycles. The van der Waals surface area contributed by atoms with Crippen LogP contribution in [0, 0.1) is 6.92 Å². The summed E-state index contributed by atoms with van der Waals surface area (Å²) in [6, 6.07) is 7.41. The molecule has 2 heterocycles. The Morgan fingerprint density at radius 3 is 2.52 bits per heavy atom. The van der Waals surface area contributed by atoms with Crippen molar-refractivity contribution in [1.82, 2.24) is 15.0 Å². The molecule has 2 aromatic rings. The van der Waals surface area contributed by atoms with Crippen molar-refractivity contribution >= 4 is 11.7 Å². The first-order valence-corrected chi connectivity index (χ1v) is 7.19. The Labute approximate surface area is 123 Å². The molecule has 0 aliphatic carbocycles. The van der Waals surface area contributed by atoms with Crippen LogP contribution in [-0.2, 0) is 0 Å². The first kappa shape index (κ1) is 13.6. The molecule has 0 bridgehead atoms. The predicted molar refractivity (Wildman–Crippen MR) is 78.9 cm³/mol. The van der Waals surface area contributed by atoms with Crippen LogP contribution in [0.5, 0.6) is 0 Å². The van der Waals surface area contributed by atoms with Gasteiger partial charge in [0, 0.05) is 31.3 Å². The number of carbonyl (C=O) groups excluding carboxylic acids is 1. The number of amides is 2. The average Bonchev–Trinajstić information content (AvgIpc) is 2.95. The third-order valence-corrected chi connectivity index (χ3v) is 3.57. The molecule has 0 radical (unpaired) electrons. The Morgan fingerprint density at radius 1 is 1.19 bits per heavy atom. The second kappa shape index (κ2) is 5.95. The number of nitrogens with zero attached hydrogens (tertiary/aromatic N) is 3. The summed E-state index contributed by atoms with van der Waals surface area (Å²) in [5.41, 5.74) is 1.64. The average molecular weight is 286 g/mol. The van der Waals surface area contributed by atoms with Crippen molar-refractivity contribution in [3.63, 3.8) is 0 Å². The maximum atomic E-state index is 12.1. The topological polar surface area (TPSA) is 71.3 Å². The van der Waals surface area contributed by atoms with E-state index in [-0.39, 0.29) is 6.03 Å². The monoisotopic (exact) mass is 286 g/mol. The molecule has 1 fully saturated rings. The third-order valence-electron chi connectivity index (χ3n) is 3.57. The molecule has 2 amide bonds. The molecule has 0 saturated carbocycles. The molecular weight excluding hydrogens is 268 g/mol. The summed E-state index contributed by atoms with van der Waals surface area (Å²) >= 11 is 0. The van der Waals surface area contributed by atoms with E-state index in [2.05, 4.69) is 15.5 Å². The highest BCUT2D eigenvalue weighted by atomic mass is 16.5. The molecule has 0 atom stereocenters. The number of aromatic nitrogens is 2. The first-order chi connectivity index (χ1) is 10.2. The number of piperidine rings is 1. The number of hydrogen-bond donors (Lipinski definition) is 1. The van der Waals surface area contributed by atoms with Gasteiger partial charge in [-0.05, 0) is 43.5 Å². The lowest BCUT2D eigenvalue weighted by Gasteiger charge is -2.26. The van der Waals surface area contributed by atoms with Gasteiger partial charge < -0.3 is 14.7 Å². The van der Waals surface area contributed by atoms with E-state index in [0.717, 1.165) is 37.2 Å². The van der Waals surface area contributed by atoms with Crippen LogP contribution in [-0.4, -0.2) is 34.2 Å². The summed E-state index contributed by atoms with van der Waals surface area (Å²) in [5, 5.41) is 6.79. The largest absolute Gasteiger partial charge is 0.339 e. The fourth-order valence-corrected chi connectivity index (χ4v) is 2.42. The molecule has 110 valence electrons. The van der Waals surface area contributed by atoms with Crippen LogP contribution >= 0.6 is 0 Å². The van der Waals surface area contributed by atoms with Gasteiger partial charge in [-0.25, -0.2) is 4.79 Å². The maximum Gasteiger partial charge on any atom is 0.321 e. The van der Waals surface area contributed by atoms with Crippen molar-refractivity contribution in [2.24, 2.45) is 0 Å². The van der Waals surface area contributed by atoms with Crippen LogP contribution in [0.15, 0.2) is 28.8 Å². The molecular formula is C15H18N4O2. The van der Waals surface area contributed by atoms with Gasteiger partial charge in [-0.2, -0.15) is 4.98 Å². The summed E-state index contributed by atoms with van der Waals surface area (Å²) < 4.78 is 4.96. The van der Waals surface area contributed by atoms with Gasteiger partial charge in [0.1, 0.15) is 0 Å². The zero-order valence-corrected chi connectivity index (χ0v) is 12.0. The fraction of sp³-hybridized carbons (Fsp3) is 0.400. The number of anilines is 1. The van der Waals surface area contributed by atoms with E-state index in [1.54, 1.807) is 6.92 Å². The van der Waals surface area contributed by atoms with Crippen molar-refractivity contribution in [3.8, 4) is 11.4 Å². The summed E-state index contributed by atoms with van der Waals surface area (Å²) in [4.78, 5) is 18.1. The Balaban J connectivity index is 1.65. The lowest BCUT2D eigenvalue weighted by molar-refractivity contribution is 0.200. The Morgan fingerprint density at radius 2 is 1.90 bits per heavy atom. The second-order valence-electron chi connectivity index (χ2n) is 5.19. The van der Waals surface area contributed by atoms with Gasteiger partial charge >= 0.3 is 6.03 Å². The van der Waals surface area contributed by atoms with Crippen molar-refractivity contribution in [1.29, 1.82) is 0 Å². The third kappa shape index (κ3) is 3.21. The normalized spacial score (nSPS) is 15.0. The van der Waals surface area contributed by atoms with E-state index < -0.39 is 0 Å². The highest BCUT2D eigenvalue weighted by molar-refractivity contribution is 5.89. The van der Waals surface area contributed by atoms with Crippen LogP contribution in [0.1, 0.15) is 25.2 Å². The minimum Gasteiger partial charge on any atom is -0.339 e. The molecule has 6 heteroatoms. The van der Waals surface area contributed by atoms with E-state index >= 15 is 0 Å². The van der Waals surface area contributed by atoms with Gasteiger partial charge in [-0.3, -0.25) is 0 Å². The number of likely N-dealkylation sites (tertiary alicyclic amines) is 1. The lowest BCUT2D eigenvalue weighted by atomic mass is 10.1. The van der Waals surface area contributed by atoms with E-state index in [1.165, 1.54) is 6.42 Å². The van der Waals surface area contributed by atoms with Gasteiger partial charge in [0.2, 0.25) is 11.7 Å². The number of aryl methyl sites for hydroxylation is 1. The molecule has 1 aliphatic heterocycles. The van der Waals surface area contributed by atoms with Crippen LogP contribution in [0.25, 0.3) is 11.4 Å². The van der Waals surface area contributed by atoms with Crippen LogP contribution < -0.4 is 5.32 Å². The highest BCUT2D eigenvalue weighted by Gasteiger charge is 2.16. The Kier molecular flexibility index (Phi) is 3.85. The van der Waals surface area contributed by atoms with Crippen molar-refractivity contribution in [2.75, 3.05) is 18.4 Å². The molecule has 3 rings (SSSR count). The van der Waals surface area contributed by atoms with E-state index in [9.17, 15) is 4.79 Å². The quantitative estimate of drug-likeness (QED) is 0.921. The zero-order valence-electron chi connectivity index (χ0n) is 12.0. The van der Waals surface area contributed by atoms with Gasteiger partial charge in [0.05, 0.1) is 0 Å². The second-order valence-corrected chi connectivity index (χ2v) is 5.19. The van der Waals surface area contributed by atoms with E-state index in [1.807, 2.05) is 29.2 Å². The SMILES string of the molecule is Cc1nc(-c2ccc(NC(=O)N3CCCCC3)cc2)no1. The minimum absolute atomic E-state index is 0.0298. The fourth-order valence-electron chi connectivity index (χ4n) is 2.42. The van der Waals surface area contributed by atoms with Gasteiger partial charge in [-0.15, -0.1) is 0 Å².